The minimum atomic E-state index is -4.46. The normalized spacial score (nSPS) is 18.5. The number of anilines is 1. The molecule has 1 aromatic rings. The lowest BCUT2D eigenvalue weighted by atomic mass is 10.2. The van der Waals surface area contributed by atoms with Crippen LogP contribution in [0.15, 0.2) is 12.3 Å². The van der Waals surface area contributed by atoms with Gasteiger partial charge in [0.05, 0.1) is 23.3 Å². The number of methoxy groups -OCH3 is 1. The highest BCUT2D eigenvalue weighted by Gasteiger charge is 2.32. The molecule has 1 fully saturated rings. The summed E-state index contributed by atoms with van der Waals surface area (Å²) >= 11 is 6.01. The maximum Gasteiger partial charge on any atom is 0.417 e. The van der Waals surface area contributed by atoms with Gasteiger partial charge in [-0.05, 0) is 19.0 Å². The quantitative estimate of drug-likeness (QED) is 0.865. The van der Waals surface area contributed by atoms with E-state index in [1.807, 2.05) is 4.90 Å². The van der Waals surface area contributed by atoms with E-state index in [2.05, 4.69) is 9.88 Å². The van der Waals surface area contributed by atoms with Crippen LogP contribution in [0.1, 0.15) is 12.0 Å². The zero-order valence-electron chi connectivity index (χ0n) is 13.4. The van der Waals surface area contributed by atoms with Gasteiger partial charge in [0.2, 0.25) is 0 Å². The van der Waals surface area contributed by atoms with Crippen LogP contribution in [0.25, 0.3) is 0 Å². The van der Waals surface area contributed by atoms with Crippen molar-refractivity contribution in [2.24, 2.45) is 0 Å². The van der Waals surface area contributed by atoms with Crippen LogP contribution in [0, 0.1) is 0 Å². The minimum Gasteiger partial charge on any atom is -0.389 e. The molecule has 2 heterocycles. The number of halogens is 4. The van der Waals surface area contributed by atoms with Crippen molar-refractivity contribution in [3.63, 3.8) is 0 Å². The first-order chi connectivity index (χ1) is 11.3. The summed E-state index contributed by atoms with van der Waals surface area (Å²) in [6, 6.07) is 0.912. The van der Waals surface area contributed by atoms with E-state index in [4.69, 9.17) is 16.3 Å². The second-order valence-corrected chi connectivity index (χ2v) is 6.18. The molecule has 0 radical (unpaired) electrons. The third kappa shape index (κ3) is 5.20. The Morgan fingerprint density at radius 2 is 2.08 bits per heavy atom. The first kappa shape index (κ1) is 19.2. The Balaban J connectivity index is 2.01. The van der Waals surface area contributed by atoms with Gasteiger partial charge >= 0.3 is 6.18 Å². The average molecular weight is 368 g/mol. The zero-order chi connectivity index (χ0) is 17.7. The van der Waals surface area contributed by atoms with Crippen molar-refractivity contribution >= 4 is 17.4 Å². The summed E-state index contributed by atoms with van der Waals surface area (Å²) in [5.41, 5.74) is -0.851. The number of ether oxygens (including phenoxy) is 1. The van der Waals surface area contributed by atoms with Crippen molar-refractivity contribution in [3.05, 3.63) is 22.8 Å². The van der Waals surface area contributed by atoms with Crippen LogP contribution in [0.3, 0.4) is 0 Å². The zero-order valence-corrected chi connectivity index (χ0v) is 14.1. The molecule has 9 heteroatoms. The molecule has 1 aliphatic heterocycles. The number of nitrogens with zero attached hydrogens (tertiary/aromatic N) is 3. The first-order valence-corrected chi connectivity index (χ1v) is 8.06. The highest BCUT2D eigenvalue weighted by molar-refractivity contribution is 6.33. The first-order valence-electron chi connectivity index (χ1n) is 7.68. The smallest absolute Gasteiger partial charge is 0.389 e. The number of alkyl halides is 3. The molecule has 1 aliphatic rings. The minimum absolute atomic E-state index is 0.00214. The molecule has 1 aromatic heterocycles. The van der Waals surface area contributed by atoms with Crippen molar-refractivity contribution < 1.29 is 23.0 Å². The van der Waals surface area contributed by atoms with Crippen molar-refractivity contribution in [3.8, 4) is 0 Å². The topological polar surface area (TPSA) is 48.8 Å². The van der Waals surface area contributed by atoms with Crippen LogP contribution < -0.4 is 4.90 Å². The number of aliphatic hydroxyl groups excluding tert-OH is 1. The van der Waals surface area contributed by atoms with Crippen molar-refractivity contribution in [1.82, 2.24) is 9.88 Å². The highest BCUT2D eigenvalue weighted by atomic mass is 35.5. The van der Waals surface area contributed by atoms with Crippen LogP contribution in [0.4, 0.5) is 19.0 Å². The third-order valence-electron chi connectivity index (χ3n) is 3.87. The Hall–Kier alpha value is -1.09. The van der Waals surface area contributed by atoms with E-state index in [1.165, 1.54) is 7.11 Å². The number of aliphatic hydroxyl groups is 1. The van der Waals surface area contributed by atoms with Gasteiger partial charge < -0.3 is 14.7 Å². The van der Waals surface area contributed by atoms with E-state index in [-0.39, 0.29) is 11.6 Å². The number of hydrogen-bond donors (Lipinski definition) is 1. The third-order valence-corrected chi connectivity index (χ3v) is 4.14. The van der Waals surface area contributed by atoms with Crippen molar-refractivity contribution in [2.75, 3.05) is 51.3 Å². The van der Waals surface area contributed by atoms with Gasteiger partial charge in [0.15, 0.2) is 0 Å². The molecule has 1 saturated heterocycles. The molecule has 136 valence electrons. The van der Waals surface area contributed by atoms with Crippen LogP contribution in [0.2, 0.25) is 5.02 Å². The molecule has 1 atom stereocenters. The largest absolute Gasteiger partial charge is 0.417 e. The Labute approximate surface area is 144 Å². The van der Waals surface area contributed by atoms with Gasteiger partial charge in [0.25, 0.3) is 0 Å². The lowest BCUT2D eigenvalue weighted by molar-refractivity contribution is -0.137. The molecule has 2 rings (SSSR count). The van der Waals surface area contributed by atoms with Crippen molar-refractivity contribution in [2.45, 2.75) is 18.7 Å². The van der Waals surface area contributed by atoms with E-state index >= 15 is 0 Å². The molecule has 0 bridgehead atoms. The summed E-state index contributed by atoms with van der Waals surface area (Å²) in [6.07, 6.45) is -3.40. The summed E-state index contributed by atoms with van der Waals surface area (Å²) in [5, 5.41) is 9.80. The van der Waals surface area contributed by atoms with E-state index in [0.717, 1.165) is 25.2 Å². The van der Waals surface area contributed by atoms with Gasteiger partial charge in [-0.2, -0.15) is 13.2 Å². The van der Waals surface area contributed by atoms with E-state index < -0.39 is 17.8 Å². The fourth-order valence-corrected chi connectivity index (χ4v) is 3.01. The van der Waals surface area contributed by atoms with Gasteiger partial charge in [0, 0.05) is 39.5 Å². The second-order valence-electron chi connectivity index (χ2n) is 5.78. The molecule has 1 unspecified atom stereocenters. The van der Waals surface area contributed by atoms with Crippen molar-refractivity contribution in [1.29, 1.82) is 0 Å². The predicted molar refractivity (Wildman–Crippen MR) is 85.4 cm³/mol. The van der Waals surface area contributed by atoms with E-state index in [9.17, 15) is 18.3 Å². The summed E-state index contributed by atoms with van der Waals surface area (Å²) in [7, 11) is 1.53. The molecule has 24 heavy (non-hydrogen) atoms. The standard InChI is InChI=1S/C15H21ClF3N3O2/c1-24-10-12(23)9-21-3-2-4-22(6-5-21)14-13(16)7-11(8-20-14)15(17,18)19/h7-8,12,23H,2-6,9-10H2,1H3. The fourth-order valence-electron chi connectivity index (χ4n) is 2.73. The predicted octanol–water partition coefficient (Wildman–Crippen LogP) is 2.27. The fraction of sp³-hybridized carbons (Fsp3) is 0.667. The van der Waals surface area contributed by atoms with Gasteiger partial charge in [0.1, 0.15) is 5.82 Å². The van der Waals surface area contributed by atoms with Gasteiger partial charge in [-0.3, -0.25) is 4.90 Å². The number of aromatic nitrogens is 1. The summed E-state index contributed by atoms with van der Waals surface area (Å²) in [5.74, 6) is 0.365. The molecular weight excluding hydrogens is 347 g/mol. The van der Waals surface area contributed by atoms with Gasteiger partial charge in [-0.25, -0.2) is 4.98 Å². The Morgan fingerprint density at radius 3 is 2.71 bits per heavy atom. The molecule has 5 nitrogen and oxygen atoms in total. The number of pyridine rings is 1. The monoisotopic (exact) mass is 367 g/mol. The van der Waals surface area contributed by atoms with E-state index in [0.29, 0.717) is 32.0 Å². The molecule has 0 saturated carbocycles. The van der Waals surface area contributed by atoms with E-state index in [1.54, 1.807) is 0 Å². The number of hydrogen-bond acceptors (Lipinski definition) is 5. The number of rotatable bonds is 5. The number of β-amino-alcohol motifs (C(OH)–C–C–N with tert-alkyl or cyclic N) is 1. The van der Waals surface area contributed by atoms with Gasteiger partial charge in [-0.15, -0.1) is 0 Å². The highest BCUT2D eigenvalue weighted by Crippen LogP contribution is 2.33. The summed E-state index contributed by atoms with van der Waals surface area (Å²) in [4.78, 5) is 7.89. The van der Waals surface area contributed by atoms with Gasteiger partial charge in [-0.1, -0.05) is 11.6 Å². The molecule has 0 spiro atoms. The molecular formula is C15H21ClF3N3O2. The molecule has 0 aromatic carbocycles. The summed E-state index contributed by atoms with van der Waals surface area (Å²) < 4.78 is 43.0. The second kappa shape index (κ2) is 8.33. The van der Waals surface area contributed by atoms with Crippen LogP contribution in [0.5, 0.6) is 0 Å². The Bertz CT molecular complexity index is 545. The Kier molecular flexibility index (Phi) is 6.68. The lowest BCUT2D eigenvalue weighted by Gasteiger charge is -2.25. The summed E-state index contributed by atoms with van der Waals surface area (Å²) in [6.45, 7) is 3.45. The average Bonchev–Trinajstić information content (AvgIpc) is 2.72. The Morgan fingerprint density at radius 1 is 1.33 bits per heavy atom. The molecule has 0 amide bonds. The lowest BCUT2D eigenvalue weighted by Crippen LogP contribution is -2.37. The maximum atomic E-state index is 12.7. The van der Waals surface area contributed by atoms with Crippen LogP contribution >= 0.6 is 11.6 Å². The maximum absolute atomic E-state index is 12.7. The van der Waals surface area contributed by atoms with Crippen LogP contribution in [-0.4, -0.2) is 67.5 Å². The molecule has 0 aliphatic carbocycles. The SMILES string of the molecule is COCC(O)CN1CCCN(c2ncc(C(F)(F)F)cc2Cl)CC1. The van der Waals surface area contributed by atoms with Crippen LogP contribution in [-0.2, 0) is 10.9 Å². The molecule has 1 N–H and O–H groups in total.